The van der Waals surface area contributed by atoms with Crippen LogP contribution in [-0.2, 0) is 7.05 Å². The molecule has 0 bridgehead atoms. The van der Waals surface area contributed by atoms with E-state index in [0.29, 0.717) is 27.2 Å². The van der Waals surface area contributed by atoms with Crippen molar-refractivity contribution in [2.75, 3.05) is 18.8 Å². The number of hydrogen-bond donors (Lipinski definition) is 2. The highest BCUT2D eigenvalue weighted by atomic mass is 35.5. The summed E-state index contributed by atoms with van der Waals surface area (Å²) >= 11 is 12.5. The van der Waals surface area contributed by atoms with Crippen molar-refractivity contribution < 1.29 is 0 Å². The summed E-state index contributed by atoms with van der Waals surface area (Å²) in [4.78, 5) is 9.33. The van der Waals surface area contributed by atoms with Crippen LogP contribution in [0.25, 0.3) is 16.6 Å². The van der Waals surface area contributed by atoms with Gasteiger partial charge in [-0.15, -0.1) is 0 Å². The molecule has 1 atom stereocenters. The smallest absolute Gasteiger partial charge is 0.158 e. The minimum absolute atomic E-state index is 0.0334. The number of hydrogen-bond acceptors (Lipinski definition) is 5. The summed E-state index contributed by atoms with van der Waals surface area (Å²) in [5.41, 5.74) is 10.6. The van der Waals surface area contributed by atoms with Crippen LogP contribution in [0.3, 0.4) is 0 Å². The van der Waals surface area contributed by atoms with Gasteiger partial charge in [-0.05, 0) is 36.2 Å². The Kier molecular flexibility index (Phi) is 4.80. The second-order valence-electron chi connectivity index (χ2n) is 6.71. The SMILES string of the molecule is C[C@H](c1ccc(Cl)cc1Cl)c1c2nc(C3=CCNCC3)nc(N)c2nn1C. The van der Waals surface area contributed by atoms with Crippen molar-refractivity contribution in [1.29, 1.82) is 0 Å². The molecule has 0 saturated heterocycles. The molecule has 4 rings (SSSR count). The first-order chi connectivity index (χ1) is 13.0. The van der Waals surface area contributed by atoms with Gasteiger partial charge in [0, 0.05) is 29.6 Å². The van der Waals surface area contributed by atoms with Crippen LogP contribution in [0.4, 0.5) is 5.82 Å². The van der Waals surface area contributed by atoms with E-state index in [0.717, 1.165) is 41.9 Å². The lowest BCUT2D eigenvalue weighted by Crippen LogP contribution is -2.20. The number of rotatable bonds is 3. The minimum atomic E-state index is -0.0334. The Bertz CT molecular complexity index is 1060. The summed E-state index contributed by atoms with van der Waals surface area (Å²) in [7, 11) is 1.89. The lowest BCUT2D eigenvalue weighted by atomic mass is 9.96. The fourth-order valence-corrected chi connectivity index (χ4v) is 4.13. The van der Waals surface area contributed by atoms with Crippen molar-refractivity contribution in [1.82, 2.24) is 25.1 Å². The van der Waals surface area contributed by atoms with Crippen LogP contribution >= 0.6 is 23.2 Å². The number of aryl methyl sites for hydroxylation is 1. The predicted octanol–water partition coefficient (Wildman–Crippen LogP) is 3.78. The number of fused-ring (bicyclic) bond motifs is 1. The van der Waals surface area contributed by atoms with Gasteiger partial charge in [0.05, 0.1) is 5.69 Å². The first-order valence-electron chi connectivity index (χ1n) is 8.81. The standard InChI is InChI=1S/C19H20Cl2N6/c1-10(13-4-3-12(20)9-14(13)21)17-15-16(26-27(17)2)18(22)25-19(24-15)11-5-7-23-8-6-11/h3-5,9-10,23H,6-8H2,1-2H3,(H2,22,24,25)/t10-/m1/s1. The van der Waals surface area contributed by atoms with Gasteiger partial charge in [0.25, 0.3) is 0 Å². The Morgan fingerprint density at radius 2 is 2.04 bits per heavy atom. The van der Waals surface area contributed by atoms with Gasteiger partial charge in [0.1, 0.15) is 5.52 Å². The van der Waals surface area contributed by atoms with Crippen LogP contribution in [0.5, 0.6) is 0 Å². The third kappa shape index (κ3) is 3.29. The second kappa shape index (κ2) is 7.11. The minimum Gasteiger partial charge on any atom is -0.382 e. The van der Waals surface area contributed by atoms with E-state index in [4.69, 9.17) is 33.9 Å². The molecule has 3 heterocycles. The number of aromatic nitrogens is 4. The van der Waals surface area contributed by atoms with Gasteiger partial charge in [-0.1, -0.05) is 42.3 Å². The molecule has 0 spiro atoms. The van der Waals surface area contributed by atoms with Crippen LogP contribution < -0.4 is 11.1 Å². The van der Waals surface area contributed by atoms with Gasteiger partial charge in [-0.25, -0.2) is 9.97 Å². The molecule has 1 aliphatic heterocycles. The van der Waals surface area contributed by atoms with Crippen LogP contribution in [0.1, 0.15) is 36.3 Å². The number of nitrogens with two attached hydrogens (primary N) is 1. The average Bonchev–Trinajstić information content (AvgIpc) is 2.98. The Balaban J connectivity index is 1.88. The number of nitrogen functional groups attached to an aromatic ring is 1. The fourth-order valence-electron chi connectivity index (χ4n) is 3.56. The maximum atomic E-state index is 6.44. The topological polar surface area (TPSA) is 81.7 Å². The summed E-state index contributed by atoms with van der Waals surface area (Å²) in [6.45, 7) is 3.80. The third-order valence-corrected chi connectivity index (χ3v) is 5.50. The highest BCUT2D eigenvalue weighted by Gasteiger charge is 2.23. The largest absolute Gasteiger partial charge is 0.382 e. The van der Waals surface area contributed by atoms with E-state index >= 15 is 0 Å². The second-order valence-corrected chi connectivity index (χ2v) is 7.55. The predicted molar refractivity (Wildman–Crippen MR) is 110 cm³/mol. The van der Waals surface area contributed by atoms with Crippen LogP contribution in [-0.4, -0.2) is 32.8 Å². The van der Waals surface area contributed by atoms with Gasteiger partial charge >= 0.3 is 0 Å². The van der Waals surface area contributed by atoms with Gasteiger partial charge in [-0.2, -0.15) is 5.10 Å². The Morgan fingerprint density at radius 1 is 1.22 bits per heavy atom. The van der Waals surface area contributed by atoms with Gasteiger partial charge in [-0.3, -0.25) is 4.68 Å². The third-order valence-electron chi connectivity index (χ3n) is 4.94. The molecular formula is C19H20Cl2N6. The monoisotopic (exact) mass is 402 g/mol. The zero-order valence-corrected chi connectivity index (χ0v) is 16.6. The molecule has 27 heavy (non-hydrogen) atoms. The molecule has 0 radical (unpaired) electrons. The lowest BCUT2D eigenvalue weighted by molar-refractivity contribution is 0.693. The molecule has 0 fully saturated rings. The summed E-state index contributed by atoms with van der Waals surface area (Å²) in [6.07, 6.45) is 2.98. The average molecular weight is 403 g/mol. The summed E-state index contributed by atoms with van der Waals surface area (Å²) in [5, 5.41) is 9.08. The van der Waals surface area contributed by atoms with Crippen molar-refractivity contribution in [2.24, 2.45) is 7.05 Å². The molecule has 2 aromatic heterocycles. The first kappa shape index (κ1) is 18.2. The summed E-state index contributed by atoms with van der Waals surface area (Å²) in [6, 6.07) is 5.53. The number of nitrogens with one attached hydrogen (secondary N) is 1. The number of halogens is 2. The molecule has 0 unspecified atom stereocenters. The van der Waals surface area contributed by atoms with E-state index in [-0.39, 0.29) is 5.92 Å². The maximum absolute atomic E-state index is 6.44. The number of anilines is 1. The molecule has 8 heteroatoms. The highest BCUT2D eigenvalue weighted by Crippen LogP contribution is 2.35. The van der Waals surface area contributed by atoms with Gasteiger partial charge in [0.2, 0.25) is 0 Å². The first-order valence-corrected chi connectivity index (χ1v) is 9.56. The molecule has 0 aliphatic carbocycles. The normalized spacial score (nSPS) is 15.8. The summed E-state index contributed by atoms with van der Waals surface area (Å²) < 4.78 is 1.81. The van der Waals surface area contributed by atoms with Crippen LogP contribution in [0, 0.1) is 0 Å². The van der Waals surface area contributed by atoms with Gasteiger partial charge in [0.15, 0.2) is 17.2 Å². The van der Waals surface area contributed by atoms with Gasteiger partial charge < -0.3 is 11.1 Å². The van der Waals surface area contributed by atoms with Crippen molar-refractivity contribution in [3.63, 3.8) is 0 Å². The van der Waals surface area contributed by atoms with E-state index in [1.807, 2.05) is 23.9 Å². The van der Waals surface area contributed by atoms with Crippen molar-refractivity contribution in [3.05, 3.63) is 51.4 Å². The molecule has 1 aromatic carbocycles. The fraction of sp³-hybridized carbons (Fsp3) is 0.316. The van der Waals surface area contributed by atoms with E-state index in [1.165, 1.54) is 0 Å². The molecule has 1 aliphatic rings. The highest BCUT2D eigenvalue weighted by molar-refractivity contribution is 6.35. The van der Waals surface area contributed by atoms with Crippen LogP contribution in [0.15, 0.2) is 24.3 Å². The molecule has 3 aromatic rings. The van der Waals surface area contributed by atoms with Crippen LogP contribution in [0.2, 0.25) is 10.0 Å². The van der Waals surface area contributed by atoms with E-state index in [1.54, 1.807) is 6.07 Å². The van der Waals surface area contributed by atoms with E-state index < -0.39 is 0 Å². The number of benzene rings is 1. The van der Waals surface area contributed by atoms with Crippen molar-refractivity contribution in [2.45, 2.75) is 19.3 Å². The molecular weight excluding hydrogens is 383 g/mol. The number of nitrogens with zero attached hydrogens (tertiary/aromatic N) is 4. The zero-order chi connectivity index (χ0) is 19.1. The van der Waals surface area contributed by atoms with Crippen molar-refractivity contribution >= 4 is 45.6 Å². The molecule has 3 N–H and O–H groups in total. The summed E-state index contributed by atoms with van der Waals surface area (Å²) in [5.74, 6) is 1.03. The quantitative estimate of drug-likeness (QED) is 0.696. The Hall–Kier alpha value is -2.15. The van der Waals surface area contributed by atoms with Crippen molar-refractivity contribution in [3.8, 4) is 0 Å². The molecule has 6 nitrogen and oxygen atoms in total. The lowest BCUT2D eigenvalue weighted by Gasteiger charge is -2.16. The molecule has 0 amide bonds. The zero-order valence-electron chi connectivity index (χ0n) is 15.1. The van der Waals surface area contributed by atoms with E-state index in [9.17, 15) is 0 Å². The molecule has 140 valence electrons. The van der Waals surface area contributed by atoms with E-state index in [2.05, 4.69) is 28.4 Å². The maximum Gasteiger partial charge on any atom is 0.158 e. The Morgan fingerprint density at radius 3 is 2.74 bits per heavy atom. The Labute approximate surface area is 167 Å². The molecule has 0 saturated carbocycles.